The molecule has 1 aromatic rings. The third-order valence-electron chi connectivity index (χ3n) is 3.99. The molecule has 25 heavy (non-hydrogen) atoms. The van der Waals surface area contributed by atoms with Crippen LogP contribution in [0, 0.1) is 5.92 Å². The predicted octanol–water partition coefficient (Wildman–Crippen LogP) is 5.37. The fourth-order valence-corrected chi connectivity index (χ4v) is 2.63. The summed E-state index contributed by atoms with van der Waals surface area (Å²) in [6, 6.07) is 5.11. The van der Waals surface area contributed by atoms with Crippen LogP contribution in [0.15, 0.2) is 30.3 Å². The number of carbonyl (C=O) groups is 1. The van der Waals surface area contributed by atoms with Crippen LogP contribution in [0.4, 0.5) is 18.0 Å². The number of ether oxygens (including phenoxy) is 1. The molecule has 0 N–H and O–H groups in total. The van der Waals surface area contributed by atoms with E-state index < -0.39 is 17.3 Å². The van der Waals surface area contributed by atoms with E-state index in [2.05, 4.69) is 0 Å². The Bertz CT molecular complexity index is 607. The van der Waals surface area contributed by atoms with Crippen molar-refractivity contribution in [1.82, 2.24) is 4.90 Å². The Morgan fingerprint density at radius 1 is 1.12 bits per heavy atom. The Hall–Kier alpha value is -1.98. The first kappa shape index (κ1) is 19.3. The highest BCUT2D eigenvalue weighted by Crippen LogP contribution is 2.29. The summed E-state index contributed by atoms with van der Waals surface area (Å²) in [6.45, 7) is 6.76. The van der Waals surface area contributed by atoms with Crippen molar-refractivity contribution < 1.29 is 22.7 Å². The van der Waals surface area contributed by atoms with Crippen LogP contribution in [0.1, 0.15) is 44.7 Å². The zero-order valence-corrected chi connectivity index (χ0v) is 14.8. The number of nitrogens with zero attached hydrogens (tertiary/aromatic N) is 1. The van der Waals surface area contributed by atoms with Crippen molar-refractivity contribution in [3.63, 3.8) is 0 Å². The van der Waals surface area contributed by atoms with Gasteiger partial charge in [0.05, 0.1) is 5.56 Å². The van der Waals surface area contributed by atoms with E-state index in [0.717, 1.165) is 30.5 Å². The van der Waals surface area contributed by atoms with Gasteiger partial charge >= 0.3 is 12.3 Å². The predicted molar refractivity (Wildman–Crippen MR) is 91.0 cm³/mol. The molecule has 0 bridgehead atoms. The van der Waals surface area contributed by atoms with Crippen molar-refractivity contribution in [3.8, 4) is 0 Å². The van der Waals surface area contributed by atoms with E-state index in [9.17, 15) is 18.0 Å². The van der Waals surface area contributed by atoms with Gasteiger partial charge in [-0.3, -0.25) is 0 Å². The van der Waals surface area contributed by atoms with Crippen molar-refractivity contribution in [3.05, 3.63) is 41.5 Å². The third kappa shape index (κ3) is 6.11. The largest absolute Gasteiger partial charge is 0.444 e. The molecular formula is C19H24F3NO2. The van der Waals surface area contributed by atoms with E-state index in [1.54, 1.807) is 4.90 Å². The summed E-state index contributed by atoms with van der Waals surface area (Å²) in [5.41, 5.74) is -0.408. The molecule has 0 saturated carbocycles. The smallest absolute Gasteiger partial charge is 0.416 e. The minimum atomic E-state index is -4.31. The van der Waals surface area contributed by atoms with Gasteiger partial charge in [0.15, 0.2) is 0 Å². The van der Waals surface area contributed by atoms with Crippen LogP contribution in [0.25, 0.3) is 6.08 Å². The average Bonchev–Trinajstić information content (AvgIpc) is 2.51. The van der Waals surface area contributed by atoms with Crippen LogP contribution < -0.4 is 0 Å². The van der Waals surface area contributed by atoms with Crippen molar-refractivity contribution >= 4 is 12.2 Å². The lowest BCUT2D eigenvalue weighted by Crippen LogP contribution is -2.41. The van der Waals surface area contributed by atoms with Crippen LogP contribution in [0.2, 0.25) is 0 Å². The van der Waals surface area contributed by atoms with Crippen LogP contribution >= 0.6 is 0 Å². The first-order chi connectivity index (χ1) is 11.5. The Labute approximate surface area is 146 Å². The van der Waals surface area contributed by atoms with Crippen molar-refractivity contribution in [2.75, 3.05) is 13.1 Å². The van der Waals surface area contributed by atoms with Crippen LogP contribution in [-0.4, -0.2) is 29.7 Å². The van der Waals surface area contributed by atoms with Crippen molar-refractivity contribution in [2.24, 2.45) is 5.92 Å². The van der Waals surface area contributed by atoms with Gasteiger partial charge in [0.2, 0.25) is 0 Å². The number of hydrogen-bond donors (Lipinski definition) is 0. The molecule has 1 aliphatic rings. The van der Waals surface area contributed by atoms with Gasteiger partial charge in [-0.15, -0.1) is 0 Å². The maximum atomic E-state index is 12.5. The molecule has 6 heteroatoms. The fraction of sp³-hybridized carbons (Fsp3) is 0.526. The van der Waals surface area contributed by atoms with Crippen molar-refractivity contribution in [1.29, 1.82) is 0 Å². The normalized spacial score (nSPS) is 17.1. The number of carbonyl (C=O) groups excluding carboxylic acids is 1. The molecule has 3 nitrogen and oxygen atoms in total. The highest BCUT2D eigenvalue weighted by Gasteiger charge is 2.30. The maximum absolute atomic E-state index is 12.5. The summed E-state index contributed by atoms with van der Waals surface area (Å²) in [7, 11) is 0. The number of allylic oxidation sites excluding steroid dienone is 1. The molecular weight excluding hydrogens is 331 g/mol. The molecule has 1 aromatic carbocycles. The van der Waals surface area contributed by atoms with E-state index in [1.807, 2.05) is 32.9 Å². The van der Waals surface area contributed by atoms with E-state index in [4.69, 9.17) is 4.74 Å². The highest BCUT2D eigenvalue weighted by atomic mass is 19.4. The lowest BCUT2D eigenvalue weighted by atomic mass is 9.96. The molecule has 0 aromatic heterocycles. The molecule has 138 valence electrons. The zero-order valence-electron chi connectivity index (χ0n) is 14.8. The highest BCUT2D eigenvalue weighted by molar-refractivity contribution is 5.68. The van der Waals surface area contributed by atoms with Gasteiger partial charge in [0.1, 0.15) is 5.60 Å². The summed E-state index contributed by atoms with van der Waals surface area (Å²) < 4.78 is 43.0. The Morgan fingerprint density at radius 2 is 1.68 bits per heavy atom. The Kier molecular flexibility index (Phi) is 5.80. The van der Waals surface area contributed by atoms with E-state index in [1.165, 1.54) is 12.1 Å². The second kappa shape index (κ2) is 7.50. The molecule has 2 rings (SSSR count). The summed E-state index contributed by atoms with van der Waals surface area (Å²) in [4.78, 5) is 13.7. The number of alkyl halides is 3. The second-order valence-electron chi connectivity index (χ2n) is 7.28. The fourth-order valence-electron chi connectivity index (χ4n) is 2.63. The van der Waals surface area contributed by atoms with Crippen LogP contribution in [0.3, 0.4) is 0 Å². The standard InChI is InChI=1S/C19H24F3NO2/c1-18(2,3)25-17(24)23-12-10-15(11-13-23)5-4-14-6-8-16(9-7-14)19(20,21)22/h4-9,15H,10-13H2,1-3H3/b5-4-. The first-order valence-electron chi connectivity index (χ1n) is 8.38. The number of halogens is 3. The van der Waals surface area contributed by atoms with Gasteiger partial charge in [-0.2, -0.15) is 13.2 Å². The van der Waals surface area contributed by atoms with Gasteiger partial charge < -0.3 is 9.64 Å². The minimum absolute atomic E-state index is 0.294. The summed E-state index contributed by atoms with van der Waals surface area (Å²) in [5, 5.41) is 0. The van der Waals surface area contributed by atoms with Gasteiger partial charge in [-0.05, 0) is 57.2 Å². The Balaban J connectivity index is 1.85. The topological polar surface area (TPSA) is 29.5 Å². The molecule has 0 aliphatic carbocycles. The second-order valence-corrected chi connectivity index (χ2v) is 7.28. The molecule has 1 amide bonds. The minimum Gasteiger partial charge on any atom is -0.444 e. The average molecular weight is 355 g/mol. The molecule has 1 heterocycles. The lowest BCUT2D eigenvalue weighted by Gasteiger charge is -2.32. The Morgan fingerprint density at radius 3 is 2.16 bits per heavy atom. The summed E-state index contributed by atoms with van der Waals surface area (Å²) >= 11 is 0. The van der Waals surface area contributed by atoms with Crippen molar-refractivity contribution in [2.45, 2.75) is 45.4 Å². The van der Waals surface area contributed by atoms with Crippen LogP contribution in [0.5, 0.6) is 0 Å². The number of benzene rings is 1. The molecule has 1 saturated heterocycles. The maximum Gasteiger partial charge on any atom is 0.416 e. The van der Waals surface area contributed by atoms with E-state index in [-0.39, 0.29) is 6.09 Å². The quantitative estimate of drug-likeness (QED) is 0.714. The number of likely N-dealkylation sites (tertiary alicyclic amines) is 1. The SMILES string of the molecule is CC(C)(C)OC(=O)N1CCC(/C=C\c2ccc(C(F)(F)F)cc2)CC1. The molecule has 1 aliphatic heterocycles. The molecule has 0 atom stereocenters. The monoisotopic (exact) mass is 355 g/mol. The van der Waals surface area contributed by atoms with Gasteiger partial charge in [-0.25, -0.2) is 4.79 Å². The van der Waals surface area contributed by atoms with E-state index in [0.29, 0.717) is 19.0 Å². The summed E-state index contributed by atoms with van der Waals surface area (Å²) in [5.74, 6) is 0.306. The first-order valence-corrected chi connectivity index (χ1v) is 8.38. The van der Waals surface area contributed by atoms with Gasteiger partial charge in [0, 0.05) is 13.1 Å². The third-order valence-corrected chi connectivity index (χ3v) is 3.99. The van der Waals surface area contributed by atoms with E-state index >= 15 is 0 Å². The molecule has 1 fully saturated rings. The zero-order chi connectivity index (χ0) is 18.7. The molecule has 0 unspecified atom stereocenters. The lowest BCUT2D eigenvalue weighted by molar-refractivity contribution is -0.137. The number of rotatable bonds is 2. The molecule has 0 radical (unpaired) electrons. The van der Waals surface area contributed by atoms with Gasteiger partial charge in [0.25, 0.3) is 0 Å². The number of hydrogen-bond acceptors (Lipinski definition) is 2. The molecule has 0 spiro atoms. The number of amides is 1. The number of piperidine rings is 1. The summed E-state index contributed by atoms with van der Waals surface area (Å²) in [6.07, 6.45) is 0.879. The van der Waals surface area contributed by atoms with Crippen LogP contribution in [-0.2, 0) is 10.9 Å². The van der Waals surface area contributed by atoms with Gasteiger partial charge in [-0.1, -0.05) is 24.3 Å².